The van der Waals surface area contributed by atoms with E-state index in [4.69, 9.17) is 16.4 Å². The minimum Gasteiger partial charge on any atom is -0.309 e. The van der Waals surface area contributed by atoms with E-state index in [9.17, 15) is 13.7 Å². The SMILES string of the molecule is [2H]c1c([2H])c([2H])c2c(c1[2H])c1c([2H])c(-n3c4c([2H])c([2H])c([2H])c([2H])c4c4c([2H])c([2H])c(-n5c6c([2H])c([2H])c([2H])c([2H])c6c6c([2H])c([2H])c([2H])c([2H])c65)c([2H])c43)c([2H])c([2H])c1n2-c1ccccc1-c1ccccc1. The van der Waals surface area contributed by atoms with E-state index in [1.165, 1.54) is 4.57 Å². The van der Waals surface area contributed by atoms with Crippen LogP contribution in [0.4, 0.5) is 0 Å². The largest absolute Gasteiger partial charge is 0.309 e. The first kappa shape index (κ1) is 14.2. The number of para-hydroxylation sites is 5. The van der Waals surface area contributed by atoms with E-state index >= 15 is 0 Å². The van der Waals surface area contributed by atoms with E-state index < -0.39 is 188 Å². The normalized spacial score (nSPS) is 18.0. The lowest BCUT2D eigenvalue weighted by Gasteiger charge is -2.14. The Morgan fingerprint density at radius 3 is 1.43 bits per heavy atom. The highest BCUT2D eigenvalue weighted by molar-refractivity contribution is 6.14. The van der Waals surface area contributed by atoms with Gasteiger partial charge in [-0.2, -0.15) is 0 Å². The average Bonchev–Trinajstić information content (AvgIpc) is 4.05. The van der Waals surface area contributed by atoms with Gasteiger partial charge in [0.1, 0.15) is 0 Å². The van der Waals surface area contributed by atoms with Crippen LogP contribution in [0.15, 0.2) is 188 Å². The number of benzene rings is 8. The Hall–Kier alpha value is -6.84. The lowest BCUT2D eigenvalue weighted by molar-refractivity contribution is 1.15. The van der Waals surface area contributed by atoms with Gasteiger partial charge in [-0.25, -0.2) is 0 Å². The first-order valence-corrected chi connectivity index (χ1v) is 15.8. The van der Waals surface area contributed by atoms with Crippen molar-refractivity contribution in [1.29, 1.82) is 0 Å². The summed E-state index contributed by atoms with van der Waals surface area (Å²) in [5.41, 5.74) is -2.44. The van der Waals surface area contributed by atoms with Crippen LogP contribution in [0.2, 0.25) is 0 Å². The zero-order valence-electron chi connectivity index (χ0n) is 48.0. The molecule has 0 unspecified atom stereocenters. The smallest absolute Gasteiger partial charge is 0.0667 e. The summed E-state index contributed by atoms with van der Waals surface area (Å²) in [5.74, 6) is 0. The van der Waals surface area contributed by atoms with Gasteiger partial charge >= 0.3 is 0 Å². The van der Waals surface area contributed by atoms with Crippen molar-refractivity contribution in [3.63, 3.8) is 0 Å². The van der Waals surface area contributed by atoms with Gasteiger partial charge in [-0.1, -0.05) is 127 Å². The molecule has 3 nitrogen and oxygen atoms in total. The second-order valence-corrected chi connectivity index (χ2v) is 11.7. The first-order chi connectivity index (χ1) is 34.5. The topological polar surface area (TPSA) is 14.8 Å². The second kappa shape index (κ2) is 10.8. The molecule has 0 fully saturated rings. The van der Waals surface area contributed by atoms with E-state index in [-0.39, 0.29) is 21.8 Å². The van der Waals surface area contributed by atoms with Crippen LogP contribution in [0, 0.1) is 0 Å². The molecule has 51 heavy (non-hydrogen) atoms. The quantitative estimate of drug-likeness (QED) is 0.177. The van der Waals surface area contributed by atoms with Crippen molar-refractivity contribution < 1.29 is 30.2 Å². The Bertz CT molecular complexity index is 4320. The maximum atomic E-state index is 10.2. The van der Waals surface area contributed by atoms with Crippen LogP contribution in [0.25, 0.3) is 93.6 Å². The van der Waals surface area contributed by atoms with Crippen molar-refractivity contribution in [2.24, 2.45) is 0 Å². The molecule has 0 aliphatic carbocycles. The fourth-order valence-electron chi connectivity index (χ4n) is 6.87. The van der Waals surface area contributed by atoms with Crippen molar-refractivity contribution in [3.8, 4) is 28.2 Å². The molecule has 3 heteroatoms. The molecule has 0 bridgehead atoms. The van der Waals surface area contributed by atoms with Crippen LogP contribution in [-0.4, -0.2) is 13.7 Å². The third-order valence-corrected chi connectivity index (χ3v) is 9.00. The Morgan fingerprint density at radius 2 is 0.784 bits per heavy atom. The average molecular weight is 672 g/mol. The predicted molar refractivity (Wildman–Crippen MR) is 215 cm³/mol. The summed E-state index contributed by atoms with van der Waals surface area (Å²) < 4.78 is 205. The Morgan fingerprint density at radius 1 is 0.333 bits per heavy atom. The number of nitrogens with zero attached hydrogens (tertiary/aromatic N) is 3. The maximum absolute atomic E-state index is 10.2. The Balaban J connectivity index is 1.41. The first-order valence-electron chi connectivity index (χ1n) is 26.8. The molecule has 0 amide bonds. The van der Waals surface area contributed by atoms with Crippen LogP contribution >= 0.6 is 0 Å². The number of hydrogen-bond donors (Lipinski definition) is 0. The van der Waals surface area contributed by atoms with Gasteiger partial charge < -0.3 is 13.7 Å². The molecule has 11 rings (SSSR count). The van der Waals surface area contributed by atoms with Crippen molar-refractivity contribution in [3.05, 3.63) is 188 Å². The van der Waals surface area contributed by atoms with E-state index in [2.05, 4.69) is 0 Å². The van der Waals surface area contributed by atoms with E-state index in [1.807, 2.05) is 0 Å². The van der Waals surface area contributed by atoms with Crippen molar-refractivity contribution in [1.82, 2.24) is 13.7 Å². The molecule has 0 aliphatic rings. The molecular weight excluding hydrogens is 619 g/mol. The van der Waals surface area contributed by atoms with Gasteiger partial charge in [-0.05, 0) is 66.0 Å². The van der Waals surface area contributed by atoms with E-state index in [0.717, 1.165) is 9.13 Å². The van der Waals surface area contributed by atoms with Crippen LogP contribution in [0.1, 0.15) is 30.2 Å². The molecule has 8 aromatic carbocycles. The van der Waals surface area contributed by atoms with E-state index in [0.29, 0.717) is 16.8 Å². The Labute approximate surface area is 325 Å². The van der Waals surface area contributed by atoms with Gasteiger partial charge in [0.05, 0.1) is 68.9 Å². The molecular formula is C48H31N3. The fourth-order valence-corrected chi connectivity index (χ4v) is 6.87. The zero-order valence-corrected chi connectivity index (χ0v) is 26.0. The lowest BCUT2D eigenvalue weighted by Crippen LogP contribution is -1.98. The predicted octanol–water partition coefficient (Wildman–Crippen LogP) is 12.6. The summed E-state index contributed by atoms with van der Waals surface area (Å²) in [7, 11) is 0. The van der Waals surface area contributed by atoms with Gasteiger partial charge in [0, 0.05) is 49.3 Å². The third-order valence-electron chi connectivity index (χ3n) is 9.00. The van der Waals surface area contributed by atoms with Gasteiger partial charge in [-0.3, -0.25) is 0 Å². The summed E-state index contributed by atoms with van der Waals surface area (Å²) in [4.78, 5) is 0. The van der Waals surface area contributed by atoms with Crippen molar-refractivity contribution in [2.75, 3.05) is 0 Å². The minimum atomic E-state index is -0.896. The Kier molecular flexibility index (Phi) is 3.01. The molecule has 11 aromatic rings. The third kappa shape index (κ3) is 4.06. The van der Waals surface area contributed by atoms with Gasteiger partial charge in [0.15, 0.2) is 0 Å². The molecule has 238 valence electrons. The summed E-state index contributed by atoms with van der Waals surface area (Å²) in [6.07, 6.45) is 0. The zero-order chi connectivity index (χ0) is 52.6. The summed E-state index contributed by atoms with van der Waals surface area (Å²) in [5, 5.41) is -2.35. The highest BCUT2D eigenvalue weighted by atomic mass is 15.0. The maximum Gasteiger partial charge on any atom is 0.0667 e. The molecule has 0 aliphatic heterocycles. The highest BCUT2D eigenvalue weighted by Gasteiger charge is 2.19. The molecule has 0 saturated heterocycles. The van der Waals surface area contributed by atoms with Crippen molar-refractivity contribution in [2.45, 2.75) is 0 Å². The summed E-state index contributed by atoms with van der Waals surface area (Å²) in [6.45, 7) is 0. The number of hydrogen-bond acceptors (Lipinski definition) is 0. The molecule has 0 N–H and O–H groups in total. The van der Waals surface area contributed by atoms with Crippen molar-refractivity contribution >= 4 is 65.4 Å². The van der Waals surface area contributed by atoms with Crippen LogP contribution in [-0.2, 0) is 0 Å². The molecule has 0 spiro atoms. The standard InChI is InChI=1S/C48H31N3/c1-2-14-32(15-3-1)35-16-4-9-21-42(35)51-46-25-13-8-20-39(46)41-30-33(27-29-47(41)51)50-45-24-12-7-19-38(45)40-28-26-34(31-48(40)50)49-43-22-10-5-17-36(43)37-18-6-11-23-44(37)49/h1-31H/i5D,6D,7D,8D,10D,11D,12D,13D,17D,18D,19D,20D,22D,23D,24D,25D,26D,27D,28D,29D,30D,31D. The molecule has 3 heterocycles. The van der Waals surface area contributed by atoms with E-state index in [1.54, 1.807) is 54.6 Å². The van der Waals surface area contributed by atoms with Crippen LogP contribution in [0.5, 0.6) is 0 Å². The summed E-state index contributed by atoms with van der Waals surface area (Å²) in [6, 6.07) is -1.11. The molecule has 0 radical (unpaired) electrons. The number of rotatable bonds is 4. The molecule has 3 aromatic heterocycles. The highest BCUT2D eigenvalue weighted by Crippen LogP contribution is 2.40. The van der Waals surface area contributed by atoms with Crippen LogP contribution < -0.4 is 0 Å². The lowest BCUT2D eigenvalue weighted by atomic mass is 10.0. The molecule has 0 saturated carbocycles. The van der Waals surface area contributed by atoms with Gasteiger partial charge in [0.25, 0.3) is 0 Å². The monoisotopic (exact) mass is 671 g/mol. The van der Waals surface area contributed by atoms with Gasteiger partial charge in [-0.15, -0.1) is 0 Å². The van der Waals surface area contributed by atoms with Gasteiger partial charge in [0.2, 0.25) is 0 Å². The second-order valence-electron chi connectivity index (χ2n) is 11.7. The molecule has 0 atom stereocenters. The minimum absolute atomic E-state index is 0.177. The van der Waals surface area contributed by atoms with Crippen LogP contribution in [0.3, 0.4) is 0 Å². The summed E-state index contributed by atoms with van der Waals surface area (Å²) >= 11 is 0. The number of aromatic nitrogens is 3. The fraction of sp³-hybridized carbons (Fsp3) is 0. The number of fused-ring (bicyclic) bond motifs is 9.